The fourth-order valence-corrected chi connectivity index (χ4v) is 16.5. The summed E-state index contributed by atoms with van der Waals surface area (Å²) in [6.45, 7) is 8.52. The number of methoxy groups -OCH3 is 1. The SMILES string of the molecule is CCO[Si](C)(C)CCCCCCOc1c2c(c(OC)c3c1C1CC3c3cc4c(cc31)C1CC4c3ccccc31)C1CC2c2cc3c(cc21)C1CC3c2ccccc21. The van der Waals surface area contributed by atoms with E-state index >= 15 is 0 Å². The maximum atomic E-state index is 7.32. The Hall–Kier alpha value is -4.12. The van der Waals surface area contributed by atoms with Crippen LogP contribution in [0.15, 0.2) is 72.8 Å². The lowest BCUT2D eigenvalue weighted by molar-refractivity contribution is 0.296. The number of rotatable bonds is 11. The Labute approximate surface area is 339 Å². The van der Waals surface area contributed by atoms with Gasteiger partial charge >= 0.3 is 0 Å². The molecule has 5 aromatic carbocycles. The third kappa shape index (κ3) is 4.42. The van der Waals surface area contributed by atoms with Crippen LogP contribution in [0.5, 0.6) is 11.5 Å². The summed E-state index contributed by atoms with van der Waals surface area (Å²) >= 11 is 0. The summed E-state index contributed by atoms with van der Waals surface area (Å²) in [7, 11) is 0.430. The van der Waals surface area contributed by atoms with Crippen molar-refractivity contribution in [2.45, 2.75) is 125 Å². The lowest BCUT2D eigenvalue weighted by Crippen LogP contribution is -2.29. The van der Waals surface area contributed by atoms with Crippen molar-refractivity contribution < 1.29 is 13.9 Å². The molecule has 8 bridgehead atoms. The topological polar surface area (TPSA) is 27.7 Å². The van der Waals surface area contributed by atoms with Gasteiger partial charge in [-0.15, -0.1) is 0 Å². The maximum Gasteiger partial charge on any atom is 0.186 e. The summed E-state index contributed by atoms with van der Waals surface area (Å²) in [6.07, 6.45) is 9.65. The van der Waals surface area contributed by atoms with E-state index in [1.165, 1.54) is 71.9 Å². The van der Waals surface area contributed by atoms with Gasteiger partial charge in [-0.25, -0.2) is 0 Å². The zero-order chi connectivity index (χ0) is 37.9. The molecule has 13 rings (SSSR count). The zero-order valence-electron chi connectivity index (χ0n) is 34.0. The summed E-state index contributed by atoms with van der Waals surface area (Å²) in [4.78, 5) is 0. The molecule has 0 N–H and O–H groups in total. The summed E-state index contributed by atoms with van der Waals surface area (Å²) in [6, 6.07) is 30.5. The van der Waals surface area contributed by atoms with Crippen molar-refractivity contribution in [3.05, 3.63) is 162 Å². The van der Waals surface area contributed by atoms with Gasteiger partial charge in [0.15, 0.2) is 8.32 Å². The second-order valence-corrected chi connectivity index (χ2v) is 23.9. The van der Waals surface area contributed by atoms with Crippen LogP contribution in [0.25, 0.3) is 0 Å². The zero-order valence-corrected chi connectivity index (χ0v) is 35.0. The van der Waals surface area contributed by atoms with Crippen LogP contribution in [-0.4, -0.2) is 28.6 Å². The molecule has 0 saturated carbocycles. The van der Waals surface area contributed by atoms with Gasteiger partial charge in [0.05, 0.1) is 13.7 Å². The first-order valence-electron chi connectivity index (χ1n) is 22.5. The fraction of sp³-hybridized carbons (Fsp3) is 0.434. The molecule has 288 valence electrons. The largest absolute Gasteiger partial charge is 0.496 e. The van der Waals surface area contributed by atoms with E-state index in [4.69, 9.17) is 13.9 Å². The number of hydrogen-bond donors (Lipinski definition) is 0. The first-order valence-corrected chi connectivity index (χ1v) is 25.6. The molecule has 0 aliphatic heterocycles. The molecule has 0 fully saturated rings. The van der Waals surface area contributed by atoms with E-state index in [2.05, 4.69) is 92.8 Å². The second kappa shape index (κ2) is 12.0. The monoisotopic (exact) mass is 766 g/mol. The smallest absolute Gasteiger partial charge is 0.186 e. The number of benzene rings is 5. The molecule has 5 aromatic rings. The van der Waals surface area contributed by atoms with Crippen molar-refractivity contribution in [3.8, 4) is 11.5 Å². The third-order valence-electron chi connectivity index (χ3n) is 16.6. The molecule has 8 aliphatic carbocycles. The average molecular weight is 767 g/mol. The molecule has 8 aliphatic rings. The lowest BCUT2D eigenvalue weighted by Gasteiger charge is -2.33. The first kappa shape index (κ1) is 33.8. The van der Waals surface area contributed by atoms with Crippen LogP contribution in [0.3, 0.4) is 0 Å². The Morgan fingerprint density at radius 1 is 0.474 bits per heavy atom. The second-order valence-electron chi connectivity index (χ2n) is 19.6. The summed E-state index contributed by atoms with van der Waals surface area (Å²) in [5, 5.41) is 0. The summed E-state index contributed by atoms with van der Waals surface area (Å²) in [5.74, 6) is 6.17. The quantitative estimate of drug-likeness (QED) is 0.0990. The van der Waals surface area contributed by atoms with Crippen LogP contribution in [-0.2, 0) is 4.43 Å². The van der Waals surface area contributed by atoms with Crippen molar-refractivity contribution in [2.75, 3.05) is 20.3 Å². The molecule has 0 radical (unpaired) electrons. The molecule has 0 amide bonds. The van der Waals surface area contributed by atoms with Gasteiger partial charge < -0.3 is 13.9 Å². The summed E-state index contributed by atoms with van der Waals surface area (Å²) in [5.41, 5.74) is 25.0. The van der Waals surface area contributed by atoms with E-state index in [0.29, 0.717) is 47.3 Å². The molecular formula is C53H54O3Si. The third-order valence-corrected chi connectivity index (χ3v) is 19.2. The summed E-state index contributed by atoms with van der Waals surface area (Å²) < 4.78 is 20.2. The molecule has 8 unspecified atom stereocenters. The number of hydrogen-bond acceptors (Lipinski definition) is 3. The standard InChI is InChI=1S/C53H54O3Si/c1-5-56-57(3,4)19-13-7-6-12-18-55-53-50-46-26-44(40-22-36-32-20-34(38(36)24-42(40)46)30-16-10-8-14-28(30)32)48(50)52(54-2)49-45-27-47(51(49)53)43-25-39-35-21-33(37(39)23-41(43)45)29-15-9-11-17-31(29)35/h8-11,14-17,22-25,32-35,44-47H,5-7,12-13,18-21,26-27H2,1-4H3. The van der Waals surface area contributed by atoms with E-state index in [-0.39, 0.29) is 0 Å². The highest BCUT2D eigenvalue weighted by atomic mass is 28.4. The Balaban J connectivity index is 0.892. The van der Waals surface area contributed by atoms with Crippen LogP contribution < -0.4 is 9.47 Å². The predicted molar refractivity (Wildman–Crippen MR) is 230 cm³/mol. The highest BCUT2D eigenvalue weighted by Crippen LogP contribution is 2.71. The molecule has 0 aromatic heterocycles. The molecule has 8 atom stereocenters. The van der Waals surface area contributed by atoms with Gasteiger partial charge in [-0.05, 0) is 125 Å². The van der Waals surface area contributed by atoms with E-state index in [1.54, 1.807) is 66.8 Å². The lowest BCUT2D eigenvalue weighted by atomic mass is 9.74. The molecule has 0 heterocycles. The Morgan fingerprint density at radius 3 is 1.25 bits per heavy atom. The van der Waals surface area contributed by atoms with E-state index in [1.807, 2.05) is 7.11 Å². The minimum absolute atomic E-state index is 0.380. The van der Waals surface area contributed by atoms with Gasteiger partial charge in [0, 0.05) is 76.2 Å². The minimum atomic E-state index is -1.53. The number of fused-ring (bicyclic) bond motifs is 32. The number of ether oxygens (including phenoxy) is 2. The average Bonchev–Trinajstić information content (AvgIpc) is 4.10. The van der Waals surface area contributed by atoms with Crippen LogP contribution in [0.4, 0.5) is 0 Å². The van der Waals surface area contributed by atoms with Gasteiger partial charge in [0.1, 0.15) is 11.5 Å². The van der Waals surface area contributed by atoms with Crippen molar-refractivity contribution >= 4 is 8.32 Å². The highest BCUT2D eigenvalue weighted by molar-refractivity contribution is 6.71. The van der Waals surface area contributed by atoms with Gasteiger partial charge in [0.2, 0.25) is 0 Å². The van der Waals surface area contributed by atoms with E-state index in [0.717, 1.165) is 32.5 Å². The number of unbranched alkanes of at least 4 members (excludes halogenated alkanes) is 3. The molecule has 57 heavy (non-hydrogen) atoms. The van der Waals surface area contributed by atoms with Crippen LogP contribution in [0.2, 0.25) is 19.1 Å². The van der Waals surface area contributed by atoms with Crippen LogP contribution in [0.1, 0.15) is 195 Å². The molecule has 4 heteroatoms. The molecule has 0 saturated heterocycles. The molecular weight excluding hydrogens is 713 g/mol. The van der Waals surface area contributed by atoms with Gasteiger partial charge in [-0.1, -0.05) is 92.1 Å². The fourth-order valence-electron chi connectivity index (χ4n) is 14.5. The van der Waals surface area contributed by atoms with Crippen molar-refractivity contribution in [1.82, 2.24) is 0 Å². The van der Waals surface area contributed by atoms with E-state index in [9.17, 15) is 0 Å². The normalized spacial score (nSPS) is 27.2. The van der Waals surface area contributed by atoms with E-state index < -0.39 is 8.32 Å². The molecule has 3 nitrogen and oxygen atoms in total. The predicted octanol–water partition coefficient (Wildman–Crippen LogP) is 12.8. The Kier molecular flexibility index (Phi) is 7.11. The van der Waals surface area contributed by atoms with Gasteiger partial charge in [-0.2, -0.15) is 0 Å². The minimum Gasteiger partial charge on any atom is -0.496 e. The van der Waals surface area contributed by atoms with Crippen LogP contribution in [0, 0.1) is 0 Å². The van der Waals surface area contributed by atoms with Gasteiger partial charge in [0.25, 0.3) is 0 Å². The van der Waals surface area contributed by atoms with Crippen molar-refractivity contribution in [2.24, 2.45) is 0 Å². The molecule has 0 spiro atoms. The highest BCUT2D eigenvalue weighted by Gasteiger charge is 2.55. The van der Waals surface area contributed by atoms with Crippen molar-refractivity contribution in [3.63, 3.8) is 0 Å². The van der Waals surface area contributed by atoms with Crippen molar-refractivity contribution in [1.29, 1.82) is 0 Å². The first-order chi connectivity index (χ1) is 27.9. The van der Waals surface area contributed by atoms with Crippen LogP contribution >= 0.6 is 0 Å². The van der Waals surface area contributed by atoms with Gasteiger partial charge in [-0.3, -0.25) is 0 Å². The maximum absolute atomic E-state index is 7.32. The Morgan fingerprint density at radius 2 is 0.842 bits per heavy atom. The Bertz CT molecular complexity index is 2410.